The Bertz CT molecular complexity index is 279. The summed E-state index contributed by atoms with van der Waals surface area (Å²) in [6.07, 6.45) is 6.03. The molecule has 0 atom stereocenters. The van der Waals surface area contributed by atoms with Gasteiger partial charge < -0.3 is 9.80 Å². The highest BCUT2D eigenvalue weighted by Gasteiger charge is 2.18. The number of nitrogens with zero attached hydrogens (tertiary/aromatic N) is 2. The summed E-state index contributed by atoms with van der Waals surface area (Å²) in [5, 5.41) is 0. The van der Waals surface area contributed by atoms with E-state index in [0.29, 0.717) is 11.8 Å². The minimum absolute atomic E-state index is 0.326. The first-order valence-electron chi connectivity index (χ1n) is 7.24. The minimum Gasteiger partial charge on any atom is -0.343 e. The lowest BCUT2D eigenvalue weighted by atomic mass is 10.3. The summed E-state index contributed by atoms with van der Waals surface area (Å²) >= 11 is 0. The van der Waals surface area contributed by atoms with Crippen LogP contribution in [0.1, 0.15) is 52.4 Å². The fraction of sp³-hybridized carbons (Fsp3) is 0.857. The molecule has 2 aliphatic heterocycles. The number of carbonyl (C=O) groups is 2. The fourth-order valence-electron chi connectivity index (χ4n) is 2.33. The van der Waals surface area contributed by atoms with Gasteiger partial charge in [0.1, 0.15) is 0 Å². The van der Waals surface area contributed by atoms with Crippen LogP contribution in [0.3, 0.4) is 0 Å². The molecule has 0 spiro atoms. The van der Waals surface area contributed by atoms with E-state index in [1.165, 1.54) is 6.42 Å². The molecule has 4 heteroatoms. The lowest BCUT2D eigenvalue weighted by Gasteiger charge is -2.13. The molecular formula is C14H26N2O2. The predicted molar refractivity (Wildman–Crippen MR) is 72.2 cm³/mol. The van der Waals surface area contributed by atoms with E-state index in [0.717, 1.165) is 58.3 Å². The zero-order valence-electron chi connectivity index (χ0n) is 11.8. The van der Waals surface area contributed by atoms with Gasteiger partial charge in [-0.05, 0) is 26.2 Å². The van der Waals surface area contributed by atoms with Crippen LogP contribution < -0.4 is 0 Å². The number of likely N-dealkylation sites (tertiary alicyclic amines) is 2. The number of carbonyl (C=O) groups excluding carboxylic acids is 2. The van der Waals surface area contributed by atoms with Gasteiger partial charge in [-0.3, -0.25) is 9.59 Å². The van der Waals surface area contributed by atoms with E-state index in [2.05, 4.69) is 6.92 Å². The molecular weight excluding hydrogens is 228 g/mol. The number of unbranched alkanes of at least 4 members (excludes halogenated alkanes) is 1. The summed E-state index contributed by atoms with van der Waals surface area (Å²) in [5.41, 5.74) is 0. The van der Waals surface area contributed by atoms with Gasteiger partial charge in [-0.2, -0.15) is 0 Å². The van der Waals surface area contributed by atoms with Gasteiger partial charge in [0.15, 0.2) is 0 Å². The third-order valence-corrected chi connectivity index (χ3v) is 3.51. The minimum atomic E-state index is 0.326. The van der Waals surface area contributed by atoms with Crippen molar-refractivity contribution in [3.63, 3.8) is 0 Å². The zero-order chi connectivity index (χ0) is 13.4. The van der Waals surface area contributed by atoms with E-state index in [1.807, 2.05) is 16.7 Å². The number of amides is 2. The number of hydrogen-bond acceptors (Lipinski definition) is 2. The van der Waals surface area contributed by atoms with Crippen molar-refractivity contribution < 1.29 is 9.59 Å². The van der Waals surface area contributed by atoms with Crippen molar-refractivity contribution in [2.24, 2.45) is 0 Å². The molecule has 0 aromatic rings. The van der Waals surface area contributed by atoms with Crippen LogP contribution >= 0.6 is 0 Å². The Balaban J connectivity index is 0.000000184. The number of rotatable bonds is 4. The molecule has 2 aliphatic rings. The molecule has 2 amide bonds. The van der Waals surface area contributed by atoms with Gasteiger partial charge >= 0.3 is 0 Å². The molecule has 4 nitrogen and oxygen atoms in total. The van der Waals surface area contributed by atoms with E-state index in [1.54, 1.807) is 0 Å². The van der Waals surface area contributed by atoms with E-state index in [4.69, 9.17) is 0 Å². The smallest absolute Gasteiger partial charge is 0.222 e. The van der Waals surface area contributed by atoms with Gasteiger partial charge in [0, 0.05) is 39.0 Å². The first-order chi connectivity index (χ1) is 8.69. The van der Waals surface area contributed by atoms with Crippen LogP contribution in [0.2, 0.25) is 0 Å². The van der Waals surface area contributed by atoms with Crippen LogP contribution in [-0.4, -0.2) is 47.8 Å². The highest BCUT2D eigenvalue weighted by atomic mass is 16.2. The van der Waals surface area contributed by atoms with Crippen molar-refractivity contribution in [2.45, 2.75) is 52.4 Å². The standard InChI is InChI=1S/C8H15NO.C6H11NO/c1-2-3-6-9-7-4-5-8(9)10;1-2-7-5-3-4-6(7)8/h2-7H2,1H3;2-5H2,1H3. The van der Waals surface area contributed by atoms with Crippen molar-refractivity contribution in [1.82, 2.24) is 9.80 Å². The highest BCUT2D eigenvalue weighted by Crippen LogP contribution is 2.09. The summed E-state index contributed by atoms with van der Waals surface area (Å²) in [4.78, 5) is 25.6. The maximum absolute atomic E-state index is 11.0. The van der Waals surface area contributed by atoms with Gasteiger partial charge in [-0.1, -0.05) is 13.3 Å². The Hall–Kier alpha value is -1.06. The topological polar surface area (TPSA) is 40.6 Å². The van der Waals surface area contributed by atoms with Crippen molar-refractivity contribution in [2.75, 3.05) is 26.2 Å². The molecule has 0 radical (unpaired) electrons. The average Bonchev–Trinajstić information content (AvgIpc) is 2.96. The normalized spacial score (nSPS) is 19.2. The van der Waals surface area contributed by atoms with Crippen LogP contribution in [0.4, 0.5) is 0 Å². The maximum Gasteiger partial charge on any atom is 0.222 e. The Morgan fingerprint density at radius 2 is 1.50 bits per heavy atom. The summed E-state index contributed by atoms with van der Waals surface area (Å²) in [6.45, 7) is 8.02. The summed E-state index contributed by atoms with van der Waals surface area (Å²) in [7, 11) is 0. The summed E-state index contributed by atoms with van der Waals surface area (Å²) in [6, 6.07) is 0. The quantitative estimate of drug-likeness (QED) is 0.770. The average molecular weight is 254 g/mol. The zero-order valence-corrected chi connectivity index (χ0v) is 11.8. The summed E-state index contributed by atoms with van der Waals surface area (Å²) in [5.74, 6) is 0.681. The lowest BCUT2D eigenvalue weighted by Crippen LogP contribution is -2.25. The molecule has 2 heterocycles. The monoisotopic (exact) mass is 254 g/mol. The van der Waals surface area contributed by atoms with Crippen molar-refractivity contribution in [1.29, 1.82) is 0 Å². The van der Waals surface area contributed by atoms with Crippen molar-refractivity contribution >= 4 is 11.8 Å². The molecule has 2 fully saturated rings. The van der Waals surface area contributed by atoms with Crippen LogP contribution in [-0.2, 0) is 9.59 Å². The second kappa shape index (κ2) is 8.11. The molecule has 18 heavy (non-hydrogen) atoms. The molecule has 0 N–H and O–H groups in total. The third-order valence-electron chi connectivity index (χ3n) is 3.51. The van der Waals surface area contributed by atoms with Crippen molar-refractivity contribution in [3.05, 3.63) is 0 Å². The highest BCUT2D eigenvalue weighted by molar-refractivity contribution is 5.78. The van der Waals surface area contributed by atoms with Crippen LogP contribution in [0.5, 0.6) is 0 Å². The Morgan fingerprint density at radius 1 is 0.944 bits per heavy atom. The second-order valence-electron chi connectivity index (χ2n) is 4.91. The molecule has 0 aliphatic carbocycles. The first-order valence-corrected chi connectivity index (χ1v) is 7.24. The SMILES string of the molecule is CCCCN1CCCC1=O.CCN1CCCC1=O. The fourth-order valence-corrected chi connectivity index (χ4v) is 2.33. The second-order valence-corrected chi connectivity index (χ2v) is 4.91. The van der Waals surface area contributed by atoms with E-state index < -0.39 is 0 Å². The molecule has 0 unspecified atom stereocenters. The number of hydrogen-bond donors (Lipinski definition) is 0. The van der Waals surface area contributed by atoms with Gasteiger partial charge in [0.25, 0.3) is 0 Å². The molecule has 104 valence electrons. The van der Waals surface area contributed by atoms with Gasteiger partial charge in [-0.25, -0.2) is 0 Å². The first kappa shape index (κ1) is 15.0. The maximum atomic E-state index is 11.0. The molecule has 0 saturated carbocycles. The predicted octanol–water partition coefficient (Wildman–Crippen LogP) is 2.04. The van der Waals surface area contributed by atoms with Gasteiger partial charge in [0.2, 0.25) is 11.8 Å². The van der Waals surface area contributed by atoms with Crippen molar-refractivity contribution in [3.8, 4) is 0 Å². The van der Waals surface area contributed by atoms with Crippen LogP contribution in [0.25, 0.3) is 0 Å². The molecule has 2 saturated heterocycles. The van der Waals surface area contributed by atoms with Gasteiger partial charge in [0.05, 0.1) is 0 Å². The Labute approximate surface area is 110 Å². The van der Waals surface area contributed by atoms with Crippen LogP contribution in [0, 0.1) is 0 Å². The third kappa shape index (κ3) is 4.67. The summed E-state index contributed by atoms with van der Waals surface area (Å²) < 4.78 is 0. The Kier molecular flexibility index (Phi) is 6.76. The van der Waals surface area contributed by atoms with Gasteiger partial charge in [-0.15, -0.1) is 0 Å². The molecule has 0 aromatic heterocycles. The molecule has 0 aromatic carbocycles. The molecule has 0 bridgehead atoms. The van der Waals surface area contributed by atoms with E-state index >= 15 is 0 Å². The molecule has 2 rings (SSSR count). The van der Waals surface area contributed by atoms with Crippen LogP contribution in [0.15, 0.2) is 0 Å². The largest absolute Gasteiger partial charge is 0.343 e. The Morgan fingerprint density at radius 3 is 1.83 bits per heavy atom. The lowest BCUT2D eigenvalue weighted by molar-refractivity contribution is -0.128. The van der Waals surface area contributed by atoms with E-state index in [-0.39, 0.29) is 0 Å². The van der Waals surface area contributed by atoms with E-state index in [9.17, 15) is 9.59 Å².